The van der Waals surface area contributed by atoms with E-state index in [1.807, 2.05) is 0 Å². The molecule has 1 aliphatic heterocycles. The zero-order chi connectivity index (χ0) is 16.3. The number of carbonyl (C=O) groups is 1. The number of rotatable bonds is 6. The van der Waals surface area contributed by atoms with Gasteiger partial charge in [0.1, 0.15) is 5.82 Å². The number of aryl methyl sites for hydroxylation is 1. The van der Waals surface area contributed by atoms with Gasteiger partial charge < -0.3 is 10.0 Å². The quantitative estimate of drug-likeness (QED) is 0.875. The van der Waals surface area contributed by atoms with E-state index >= 15 is 0 Å². The molecular formula is C17H25FN2O2. The van der Waals surface area contributed by atoms with Crippen LogP contribution in [0.5, 0.6) is 0 Å². The van der Waals surface area contributed by atoms with Gasteiger partial charge in [0.2, 0.25) is 0 Å². The number of aliphatic hydroxyl groups is 1. The molecule has 1 unspecified atom stereocenters. The van der Waals surface area contributed by atoms with Crippen LogP contribution in [-0.4, -0.2) is 59.6 Å². The molecule has 1 aromatic rings. The predicted octanol–water partition coefficient (Wildman–Crippen LogP) is 2.05. The van der Waals surface area contributed by atoms with Gasteiger partial charge >= 0.3 is 0 Å². The molecule has 22 heavy (non-hydrogen) atoms. The normalized spacial score (nSPS) is 17.1. The first-order chi connectivity index (χ1) is 10.4. The molecule has 1 aromatic carbocycles. The van der Waals surface area contributed by atoms with Crippen LogP contribution in [0, 0.1) is 12.7 Å². The van der Waals surface area contributed by atoms with E-state index in [1.54, 1.807) is 24.9 Å². The molecule has 1 atom stereocenters. The first-order valence-electron chi connectivity index (χ1n) is 7.86. The highest BCUT2D eigenvalue weighted by Crippen LogP contribution is 2.17. The van der Waals surface area contributed by atoms with Crippen molar-refractivity contribution in [3.63, 3.8) is 0 Å². The van der Waals surface area contributed by atoms with E-state index in [0.29, 0.717) is 24.2 Å². The Morgan fingerprint density at radius 2 is 2.18 bits per heavy atom. The third-order valence-electron chi connectivity index (χ3n) is 4.30. The number of likely N-dealkylation sites (N-methyl/N-ethyl adjacent to an activating group) is 1. The van der Waals surface area contributed by atoms with E-state index in [0.717, 1.165) is 19.4 Å². The van der Waals surface area contributed by atoms with E-state index in [1.165, 1.54) is 12.1 Å². The average Bonchev–Trinajstić information content (AvgIpc) is 2.46. The van der Waals surface area contributed by atoms with Crippen LogP contribution in [0.15, 0.2) is 18.2 Å². The van der Waals surface area contributed by atoms with E-state index in [9.17, 15) is 14.3 Å². The molecule has 1 saturated heterocycles. The number of nitrogens with zero attached hydrogens (tertiary/aromatic N) is 2. The minimum absolute atomic E-state index is 0.0809. The monoisotopic (exact) mass is 308 g/mol. The van der Waals surface area contributed by atoms with Gasteiger partial charge in [0.25, 0.3) is 5.91 Å². The fourth-order valence-corrected chi connectivity index (χ4v) is 2.88. The Labute approximate surface area is 131 Å². The van der Waals surface area contributed by atoms with Crippen LogP contribution in [0.1, 0.15) is 35.7 Å². The number of benzene rings is 1. The predicted molar refractivity (Wildman–Crippen MR) is 84.4 cm³/mol. The van der Waals surface area contributed by atoms with Crippen LogP contribution in [0.25, 0.3) is 0 Å². The molecule has 0 aliphatic carbocycles. The van der Waals surface area contributed by atoms with Crippen LogP contribution in [0.2, 0.25) is 0 Å². The van der Waals surface area contributed by atoms with Gasteiger partial charge in [0.05, 0.1) is 6.10 Å². The third-order valence-corrected chi connectivity index (χ3v) is 4.30. The number of carbonyl (C=O) groups excluding carboxylic acids is 1. The maximum atomic E-state index is 13.3. The zero-order valence-corrected chi connectivity index (χ0v) is 13.6. The second kappa shape index (κ2) is 7.20. The fraction of sp³-hybridized carbons (Fsp3) is 0.588. The topological polar surface area (TPSA) is 43.8 Å². The van der Waals surface area contributed by atoms with Gasteiger partial charge in [-0.15, -0.1) is 0 Å². The summed E-state index contributed by atoms with van der Waals surface area (Å²) in [7, 11) is 1.80. The summed E-state index contributed by atoms with van der Waals surface area (Å²) in [5, 5.41) is 9.39. The molecular weight excluding hydrogens is 283 g/mol. The summed E-state index contributed by atoms with van der Waals surface area (Å²) < 4.78 is 13.3. The first-order valence-corrected chi connectivity index (χ1v) is 7.86. The van der Waals surface area contributed by atoms with Crippen molar-refractivity contribution in [3.05, 3.63) is 35.1 Å². The average molecular weight is 308 g/mol. The highest BCUT2D eigenvalue weighted by molar-refractivity contribution is 5.94. The SMILES string of the molecule is CCCC(CN1CC(O)C1)N(C)C(=O)c1ccc(F)c(C)c1. The van der Waals surface area contributed by atoms with Crippen molar-refractivity contribution in [2.45, 2.75) is 38.8 Å². The lowest BCUT2D eigenvalue weighted by Crippen LogP contribution is -2.55. The molecule has 4 nitrogen and oxygen atoms in total. The number of likely N-dealkylation sites (tertiary alicyclic amines) is 1. The summed E-state index contributed by atoms with van der Waals surface area (Å²) in [5.74, 6) is -0.374. The fourth-order valence-electron chi connectivity index (χ4n) is 2.88. The Hall–Kier alpha value is -1.46. The minimum atomic E-state index is -0.293. The molecule has 0 bridgehead atoms. The Morgan fingerprint density at radius 1 is 1.50 bits per heavy atom. The van der Waals surface area contributed by atoms with Gasteiger partial charge in [-0.3, -0.25) is 9.69 Å². The van der Waals surface area contributed by atoms with Crippen molar-refractivity contribution >= 4 is 5.91 Å². The van der Waals surface area contributed by atoms with Gasteiger partial charge in [-0.1, -0.05) is 13.3 Å². The summed E-state index contributed by atoms with van der Waals surface area (Å²) in [5.41, 5.74) is 1.00. The van der Waals surface area contributed by atoms with Crippen molar-refractivity contribution in [3.8, 4) is 0 Å². The molecule has 0 spiro atoms. The lowest BCUT2D eigenvalue weighted by atomic mass is 10.0. The number of amides is 1. The van der Waals surface area contributed by atoms with Crippen LogP contribution >= 0.6 is 0 Å². The van der Waals surface area contributed by atoms with Crippen LogP contribution < -0.4 is 0 Å². The van der Waals surface area contributed by atoms with Crippen molar-refractivity contribution in [1.29, 1.82) is 0 Å². The van der Waals surface area contributed by atoms with Crippen molar-refractivity contribution < 1.29 is 14.3 Å². The Morgan fingerprint density at radius 3 is 2.73 bits per heavy atom. The second-order valence-corrected chi connectivity index (χ2v) is 6.19. The summed E-state index contributed by atoms with van der Waals surface area (Å²) in [4.78, 5) is 16.5. The van der Waals surface area contributed by atoms with Gasteiger partial charge in [0.15, 0.2) is 0 Å². The molecule has 2 rings (SSSR count). The van der Waals surface area contributed by atoms with Gasteiger partial charge in [-0.25, -0.2) is 4.39 Å². The largest absolute Gasteiger partial charge is 0.390 e. The highest BCUT2D eigenvalue weighted by atomic mass is 19.1. The number of hydrogen-bond acceptors (Lipinski definition) is 3. The second-order valence-electron chi connectivity index (χ2n) is 6.19. The van der Waals surface area contributed by atoms with Gasteiger partial charge in [-0.2, -0.15) is 0 Å². The van der Waals surface area contributed by atoms with E-state index < -0.39 is 0 Å². The van der Waals surface area contributed by atoms with Crippen molar-refractivity contribution in [1.82, 2.24) is 9.80 Å². The molecule has 1 heterocycles. The van der Waals surface area contributed by atoms with E-state index in [-0.39, 0.29) is 23.9 Å². The lowest BCUT2D eigenvalue weighted by molar-refractivity contribution is -0.0113. The maximum absolute atomic E-state index is 13.3. The lowest BCUT2D eigenvalue weighted by Gasteiger charge is -2.40. The zero-order valence-electron chi connectivity index (χ0n) is 13.6. The Kier molecular flexibility index (Phi) is 5.53. The molecule has 1 N–H and O–H groups in total. The maximum Gasteiger partial charge on any atom is 0.253 e. The Bertz CT molecular complexity index is 529. The summed E-state index contributed by atoms with van der Waals surface area (Å²) >= 11 is 0. The number of aliphatic hydroxyl groups excluding tert-OH is 1. The van der Waals surface area contributed by atoms with Crippen LogP contribution in [0.4, 0.5) is 4.39 Å². The first kappa shape index (κ1) is 16.9. The van der Waals surface area contributed by atoms with E-state index in [2.05, 4.69) is 11.8 Å². The smallest absolute Gasteiger partial charge is 0.253 e. The molecule has 1 fully saturated rings. The third kappa shape index (κ3) is 3.84. The number of hydrogen-bond donors (Lipinski definition) is 1. The molecule has 5 heteroatoms. The molecule has 122 valence electrons. The van der Waals surface area contributed by atoms with Crippen molar-refractivity contribution in [2.75, 3.05) is 26.7 Å². The van der Waals surface area contributed by atoms with Crippen LogP contribution in [-0.2, 0) is 0 Å². The van der Waals surface area contributed by atoms with Crippen molar-refractivity contribution in [2.24, 2.45) is 0 Å². The summed E-state index contributed by atoms with van der Waals surface area (Å²) in [6.45, 7) is 5.89. The summed E-state index contributed by atoms with van der Waals surface area (Å²) in [6, 6.07) is 4.59. The molecule has 0 saturated carbocycles. The molecule has 0 radical (unpaired) electrons. The Balaban J connectivity index is 2.05. The molecule has 1 aliphatic rings. The van der Waals surface area contributed by atoms with E-state index in [4.69, 9.17) is 0 Å². The number of β-amino-alcohol motifs (C(OH)–C–C–N with tert-alkyl or cyclic N) is 1. The van der Waals surface area contributed by atoms with Crippen LogP contribution in [0.3, 0.4) is 0 Å². The standard InChI is InChI=1S/C17H25FN2O2/c1-4-5-14(9-20-10-15(21)11-20)19(3)17(22)13-6-7-16(18)12(2)8-13/h6-8,14-15,21H,4-5,9-11H2,1-3H3. The minimum Gasteiger partial charge on any atom is -0.390 e. The number of halogens is 1. The highest BCUT2D eigenvalue weighted by Gasteiger charge is 2.29. The summed E-state index contributed by atoms with van der Waals surface area (Å²) in [6.07, 6.45) is 1.67. The molecule has 1 amide bonds. The van der Waals surface area contributed by atoms with Gasteiger partial charge in [0, 0.05) is 38.3 Å². The van der Waals surface area contributed by atoms with Gasteiger partial charge in [-0.05, 0) is 37.1 Å². The molecule has 0 aromatic heterocycles.